The van der Waals surface area contributed by atoms with Crippen molar-refractivity contribution >= 4 is 31.9 Å². The zero-order chi connectivity index (χ0) is 9.84. The van der Waals surface area contributed by atoms with Crippen LogP contribution in [0.1, 0.15) is 19.0 Å². The molecule has 0 spiro atoms. The largest absolute Gasteiger partial charge is 0.327 e. The minimum absolute atomic E-state index is 0.199. The van der Waals surface area contributed by atoms with Gasteiger partial charge in [-0.3, -0.25) is 4.98 Å². The van der Waals surface area contributed by atoms with Crippen molar-refractivity contribution in [2.75, 3.05) is 0 Å². The summed E-state index contributed by atoms with van der Waals surface area (Å²) in [4.78, 5) is 4.29. The number of nitrogens with two attached hydrogens (primary N) is 1. The Labute approximate surface area is 95.2 Å². The van der Waals surface area contributed by atoms with Gasteiger partial charge in [0.1, 0.15) is 0 Å². The fraction of sp³-hybridized carbons (Fsp3) is 0.444. The number of pyridine rings is 1. The van der Waals surface area contributed by atoms with Crippen molar-refractivity contribution in [3.8, 4) is 0 Å². The van der Waals surface area contributed by atoms with Gasteiger partial charge in [-0.1, -0.05) is 6.92 Å². The Morgan fingerprint density at radius 1 is 1.54 bits per heavy atom. The van der Waals surface area contributed by atoms with Gasteiger partial charge in [0.05, 0.1) is 5.69 Å². The lowest BCUT2D eigenvalue weighted by Crippen LogP contribution is -2.22. The van der Waals surface area contributed by atoms with Gasteiger partial charge in [0.2, 0.25) is 0 Å². The third kappa shape index (κ3) is 3.37. The molecule has 0 fully saturated rings. The molecule has 2 nitrogen and oxygen atoms in total. The van der Waals surface area contributed by atoms with E-state index in [1.807, 2.05) is 6.07 Å². The summed E-state index contributed by atoms with van der Waals surface area (Å²) in [6, 6.07) is 2.19. The number of aromatic nitrogens is 1. The van der Waals surface area contributed by atoms with Gasteiger partial charge < -0.3 is 5.73 Å². The van der Waals surface area contributed by atoms with E-state index in [1.54, 1.807) is 6.20 Å². The Morgan fingerprint density at radius 2 is 2.23 bits per heavy atom. The van der Waals surface area contributed by atoms with Gasteiger partial charge in [-0.25, -0.2) is 0 Å². The maximum Gasteiger partial charge on any atom is 0.0561 e. The molecule has 1 unspecified atom stereocenters. The summed E-state index contributed by atoms with van der Waals surface area (Å²) in [5, 5.41) is 0. The van der Waals surface area contributed by atoms with Crippen LogP contribution in [0.4, 0.5) is 0 Å². The summed E-state index contributed by atoms with van der Waals surface area (Å²) in [6.45, 7) is 2.08. The Balaban J connectivity index is 2.77. The van der Waals surface area contributed by atoms with E-state index >= 15 is 0 Å². The first-order chi connectivity index (χ1) is 6.13. The molecule has 72 valence electrons. The van der Waals surface area contributed by atoms with Crippen LogP contribution in [-0.4, -0.2) is 11.0 Å². The van der Waals surface area contributed by atoms with E-state index in [2.05, 4.69) is 43.8 Å². The molecular formula is C9H12Br2N2. The summed E-state index contributed by atoms with van der Waals surface area (Å²) in [5.74, 6) is 0. The first-order valence-corrected chi connectivity index (χ1v) is 5.77. The smallest absolute Gasteiger partial charge is 0.0561 e. The average Bonchev–Trinajstić information content (AvgIpc) is 2.09. The van der Waals surface area contributed by atoms with Crippen molar-refractivity contribution in [2.24, 2.45) is 5.73 Å². The number of hydrogen-bond donors (Lipinski definition) is 1. The van der Waals surface area contributed by atoms with Crippen molar-refractivity contribution in [3.05, 3.63) is 26.9 Å². The SMILES string of the molecule is CCC(N)Cc1ncc(Br)cc1Br. The summed E-state index contributed by atoms with van der Waals surface area (Å²) < 4.78 is 2.00. The van der Waals surface area contributed by atoms with Crippen molar-refractivity contribution in [3.63, 3.8) is 0 Å². The molecule has 0 saturated carbocycles. The Morgan fingerprint density at radius 3 is 2.77 bits per heavy atom. The van der Waals surface area contributed by atoms with Gasteiger partial charge in [0.25, 0.3) is 0 Å². The minimum Gasteiger partial charge on any atom is -0.327 e. The lowest BCUT2D eigenvalue weighted by Gasteiger charge is -2.09. The van der Waals surface area contributed by atoms with E-state index in [1.165, 1.54) is 0 Å². The average molecular weight is 308 g/mol. The molecule has 0 aliphatic rings. The van der Waals surface area contributed by atoms with Gasteiger partial charge in [0.15, 0.2) is 0 Å². The van der Waals surface area contributed by atoms with Gasteiger partial charge in [-0.15, -0.1) is 0 Å². The summed E-state index contributed by atoms with van der Waals surface area (Å²) in [6.07, 6.45) is 3.59. The zero-order valence-corrected chi connectivity index (χ0v) is 10.6. The maximum absolute atomic E-state index is 5.84. The lowest BCUT2D eigenvalue weighted by atomic mass is 10.1. The van der Waals surface area contributed by atoms with Crippen LogP contribution in [0.25, 0.3) is 0 Å². The van der Waals surface area contributed by atoms with Crippen LogP contribution in [0.5, 0.6) is 0 Å². The maximum atomic E-state index is 5.84. The molecule has 0 aliphatic heterocycles. The molecule has 0 radical (unpaired) electrons. The quantitative estimate of drug-likeness (QED) is 0.932. The highest BCUT2D eigenvalue weighted by Gasteiger charge is 2.06. The molecule has 2 N–H and O–H groups in total. The number of rotatable bonds is 3. The molecule has 4 heteroatoms. The normalized spacial score (nSPS) is 12.9. The summed E-state index contributed by atoms with van der Waals surface area (Å²) >= 11 is 6.81. The van der Waals surface area contributed by atoms with Crippen molar-refractivity contribution in [1.29, 1.82) is 0 Å². The Bertz CT molecular complexity index is 289. The molecule has 0 saturated heterocycles. The molecule has 0 aromatic carbocycles. The van der Waals surface area contributed by atoms with Crippen LogP contribution in [0.3, 0.4) is 0 Å². The summed E-state index contributed by atoms with van der Waals surface area (Å²) in [5.41, 5.74) is 6.86. The van der Waals surface area contributed by atoms with E-state index in [-0.39, 0.29) is 6.04 Å². The van der Waals surface area contributed by atoms with E-state index in [0.29, 0.717) is 0 Å². The standard InChI is InChI=1S/C9H12Br2N2/c1-2-7(12)4-9-8(11)3-6(10)5-13-9/h3,5,7H,2,4,12H2,1H3. The second-order valence-electron chi connectivity index (χ2n) is 2.95. The number of hydrogen-bond acceptors (Lipinski definition) is 2. The highest BCUT2D eigenvalue weighted by atomic mass is 79.9. The second-order valence-corrected chi connectivity index (χ2v) is 4.72. The molecule has 0 aliphatic carbocycles. The fourth-order valence-corrected chi connectivity index (χ4v) is 2.14. The zero-order valence-electron chi connectivity index (χ0n) is 7.43. The lowest BCUT2D eigenvalue weighted by molar-refractivity contribution is 0.635. The molecule has 0 bridgehead atoms. The van der Waals surface area contributed by atoms with E-state index in [4.69, 9.17) is 5.73 Å². The molecule has 1 aromatic heterocycles. The predicted molar refractivity (Wildman–Crippen MR) is 61.6 cm³/mol. The molecule has 0 amide bonds. The van der Waals surface area contributed by atoms with Crippen LogP contribution in [0.2, 0.25) is 0 Å². The Kier molecular flexibility index (Phi) is 4.35. The van der Waals surface area contributed by atoms with E-state index < -0.39 is 0 Å². The van der Waals surface area contributed by atoms with Gasteiger partial charge in [-0.05, 0) is 44.3 Å². The molecule has 1 heterocycles. The predicted octanol–water partition coefficient (Wildman–Crippen LogP) is 2.89. The van der Waals surface area contributed by atoms with Crippen LogP contribution < -0.4 is 5.73 Å². The van der Waals surface area contributed by atoms with Crippen molar-refractivity contribution in [2.45, 2.75) is 25.8 Å². The molecule has 1 rings (SSSR count). The first-order valence-electron chi connectivity index (χ1n) is 4.19. The fourth-order valence-electron chi connectivity index (χ4n) is 0.986. The monoisotopic (exact) mass is 306 g/mol. The highest BCUT2D eigenvalue weighted by molar-refractivity contribution is 9.11. The molecule has 1 atom stereocenters. The van der Waals surface area contributed by atoms with E-state index in [9.17, 15) is 0 Å². The summed E-state index contributed by atoms with van der Waals surface area (Å²) in [7, 11) is 0. The van der Waals surface area contributed by atoms with Crippen LogP contribution in [0, 0.1) is 0 Å². The first kappa shape index (κ1) is 11.1. The van der Waals surface area contributed by atoms with Crippen LogP contribution in [-0.2, 0) is 6.42 Å². The highest BCUT2D eigenvalue weighted by Crippen LogP contribution is 2.20. The van der Waals surface area contributed by atoms with Crippen molar-refractivity contribution in [1.82, 2.24) is 4.98 Å². The molecular weight excluding hydrogens is 296 g/mol. The molecule has 1 aromatic rings. The van der Waals surface area contributed by atoms with Gasteiger partial charge in [0, 0.05) is 27.6 Å². The Hall–Kier alpha value is 0.0700. The number of halogens is 2. The van der Waals surface area contributed by atoms with Gasteiger partial charge in [-0.2, -0.15) is 0 Å². The third-order valence-electron chi connectivity index (χ3n) is 1.86. The van der Waals surface area contributed by atoms with Crippen LogP contribution >= 0.6 is 31.9 Å². The third-order valence-corrected chi connectivity index (χ3v) is 2.98. The number of nitrogens with zero attached hydrogens (tertiary/aromatic N) is 1. The topological polar surface area (TPSA) is 38.9 Å². The van der Waals surface area contributed by atoms with E-state index in [0.717, 1.165) is 27.5 Å². The minimum atomic E-state index is 0.199. The van der Waals surface area contributed by atoms with Crippen molar-refractivity contribution < 1.29 is 0 Å². The van der Waals surface area contributed by atoms with Crippen LogP contribution in [0.15, 0.2) is 21.2 Å². The molecule has 13 heavy (non-hydrogen) atoms. The second kappa shape index (κ2) is 5.08. The van der Waals surface area contributed by atoms with Gasteiger partial charge >= 0.3 is 0 Å².